The van der Waals surface area contributed by atoms with Gasteiger partial charge < -0.3 is 9.64 Å². The van der Waals surface area contributed by atoms with Crippen molar-refractivity contribution in [3.05, 3.63) is 47.5 Å². The fourth-order valence-corrected chi connectivity index (χ4v) is 2.77. The lowest BCUT2D eigenvalue weighted by atomic mass is 9.97. The van der Waals surface area contributed by atoms with E-state index < -0.39 is 41.9 Å². The van der Waals surface area contributed by atoms with Crippen molar-refractivity contribution >= 4 is 17.3 Å². The van der Waals surface area contributed by atoms with Gasteiger partial charge in [-0.2, -0.15) is 8.78 Å². The molecule has 8 heteroatoms. The summed E-state index contributed by atoms with van der Waals surface area (Å²) < 4.78 is 47.3. The fraction of sp³-hybridized carbons (Fsp3) is 0.389. The van der Waals surface area contributed by atoms with Crippen molar-refractivity contribution < 1.29 is 27.5 Å². The number of hydrogen-bond acceptors (Lipinski definition) is 5. The first kappa shape index (κ1) is 18.3. The van der Waals surface area contributed by atoms with E-state index in [1.807, 2.05) is 0 Å². The predicted octanol–water partition coefficient (Wildman–Crippen LogP) is 2.16. The molecule has 3 rings (SSSR count). The van der Waals surface area contributed by atoms with E-state index in [9.17, 15) is 22.8 Å². The van der Waals surface area contributed by atoms with Crippen LogP contribution in [0.5, 0.6) is 0 Å². The smallest absolute Gasteiger partial charge is 0.344 e. The summed E-state index contributed by atoms with van der Waals surface area (Å²) >= 11 is 0. The third-order valence-electron chi connectivity index (χ3n) is 4.21. The molecule has 0 unspecified atom stereocenters. The van der Waals surface area contributed by atoms with Crippen LogP contribution in [0.2, 0.25) is 0 Å². The zero-order valence-electron chi connectivity index (χ0n) is 13.9. The highest BCUT2D eigenvalue weighted by Crippen LogP contribution is 2.27. The number of nitrogens with zero attached hydrogens (tertiary/aromatic N) is 2. The van der Waals surface area contributed by atoms with Crippen molar-refractivity contribution in [2.75, 3.05) is 26.3 Å². The minimum absolute atomic E-state index is 0.133. The molecular formula is C18H17F3N2O3. The summed E-state index contributed by atoms with van der Waals surface area (Å²) in [5.74, 6) is -6.15. The van der Waals surface area contributed by atoms with Crippen molar-refractivity contribution in [3.8, 4) is 0 Å². The number of benzene rings is 1. The van der Waals surface area contributed by atoms with Gasteiger partial charge in [-0.15, -0.1) is 0 Å². The van der Waals surface area contributed by atoms with Crippen LogP contribution >= 0.6 is 0 Å². The van der Waals surface area contributed by atoms with Crippen molar-refractivity contribution in [2.24, 2.45) is 4.99 Å². The molecule has 0 spiro atoms. The summed E-state index contributed by atoms with van der Waals surface area (Å²) in [6.45, 7) is 1.70. The lowest BCUT2D eigenvalue weighted by Crippen LogP contribution is -2.43. The van der Waals surface area contributed by atoms with E-state index in [4.69, 9.17) is 4.74 Å². The topological polar surface area (TPSA) is 59.0 Å². The second-order valence-electron chi connectivity index (χ2n) is 6.10. The zero-order valence-corrected chi connectivity index (χ0v) is 13.9. The fourth-order valence-electron chi connectivity index (χ4n) is 2.77. The quantitative estimate of drug-likeness (QED) is 0.801. The Morgan fingerprint density at radius 3 is 2.50 bits per heavy atom. The lowest BCUT2D eigenvalue weighted by Gasteiger charge is -2.31. The highest BCUT2D eigenvalue weighted by Gasteiger charge is 2.45. The molecule has 0 saturated carbocycles. The van der Waals surface area contributed by atoms with Crippen LogP contribution in [-0.4, -0.2) is 54.4 Å². The second kappa shape index (κ2) is 7.41. The van der Waals surface area contributed by atoms with Crippen LogP contribution in [0.1, 0.15) is 12.0 Å². The van der Waals surface area contributed by atoms with Gasteiger partial charge >= 0.3 is 5.92 Å². The molecular weight excluding hydrogens is 349 g/mol. The normalized spacial score (nSPS) is 18.4. The molecule has 26 heavy (non-hydrogen) atoms. The first-order chi connectivity index (χ1) is 12.4. The van der Waals surface area contributed by atoms with Gasteiger partial charge in [0.2, 0.25) is 5.78 Å². The van der Waals surface area contributed by atoms with Crippen LogP contribution < -0.4 is 0 Å². The van der Waals surface area contributed by atoms with Gasteiger partial charge in [-0.1, -0.05) is 12.1 Å². The molecule has 0 atom stereocenters. The maximum atomic E-state index is 14.6. The molecule has 0 radical (unpaired) electrons. The second-order valence-corrected chi connectivity index (χ2v) is 6.10. The van der Waals surface area contributed by atoms with Gasteiger partial charge in [0.15, 0.2) is 5.78 Å². The van der Waals surface area contributed by atoms with Crippen LogP contribution in [0.4, 0.5) is 13.2 Å². The molecule has 138 valence electrons. The Morgan fingerprint density at radius 1 is 1.19 bits per heavy atom. The summed E-state index contributed by atoms with van der Waals surface area (Å²) in [5, 5.41) is 0. The lowest BCUT2D eigenvalue weighted by molar-refractivity contribution is -0.134. The van der Waals surface area contributed by atoms with Crippen molar-refractivity contribution in [1.82, 2.24) is 4.90 Å². The molecule has 2 aliphatic heterocycles. The maximum Gasteiger partial charge on any atom is 0.344 e. The van der Waals surface area contributed by atoms with Gasteiger partial charge in [0.05, 0.1) is 19.6 Å². The summed E-state index contributed by atoms with van der Waals surface area (Å²) in [7, 11) is 0. The molecule has 0 aliphatic carbocycles. The summed E-state index contributed by atoms with van der Waals surface area (Å²) in [4.78, 5) is 29.6. The molecule has 0 bridgehead atoms. The monoisotopic (exact) mass is 366 g/mol. The van der Waals surface area contributed by atoms with Gasteiger partial charge in [-0.05, 0) is 17.7 Å². The number of hydrogen-bond donors (Lipinski definition) is 0. The molecule has 1 aromatic rings. The van der Waals surface area contributed by atoms with Gasteiger partial charge in [-0.25, -0.2) is 9.38 Å². The minimum Gasteiger partial charge on any atom is -0.378 e. The highest BCUT2D eigenvalue weighted by molar-refractivity contribution is 6.20. The first-order valence-corrected chi connectivity index (χ1v) is 8.17. The molecule has 0 amide bonds. The molecule has 2 aliphatic rings. The number of alkyl halides is 2. The first-order valence-electron chi connectivity index (χ1n) is 8.17. The Morgan fingerprint density at radius 2 is 1.85 bits per heavy atom. The minimum atomic E-state index is -3.87. The van der Waals surface area contributed by atoms with E-state index in [-0.39, 0.29) is 11.4 Å². The van der Waals surface area contributed by atoms with Crippen molar-refractivity contribution in [1.29, 1.82) is 0 Å². The van der Waals surface area contributed by atoms with Gasteiger partial charge in [-0.3, -0.25) is 9.59 Å². The number of allylic oxidation sites excluding steroid dienone is 1. The van der Waals surface area contributed by atoms with Gasteiger partial charge in [0.25, 0.3) is 0 Å². The molecule has 2 heterocycles. The number of ether oxygens (including phenoxy) is 1. The molecule has 5 nitrogen and oxygen atoms in total. The number of rotatable bonds is 5. The van der Waals surface area contributed by atoms with Crippen LogP contribution in [0.3, 0.4) is 0 Å². The van der Waals surface area contributed by atoms with Crippen LogP contribution in [0.25, 0.3) is 0 Å². The van der Waals surface area contributed by atoms with E-state index in [0.717, 1.165) is 12.1 Å². The summed E-state index contributed by atoms with van der Waals surface area (Å²) in [6.07, 6.45) is 0.0441. The Hall–Kier alpha value is -2.48. The van der Waals surface area contributed by atoms with E-state index in [1.165, 1.54) is 18.2 Å². The Labute approximate surface area is 148 Å². The average Bonchev–Trinajstić information content (AvgIpc) is 2.63. The van der Waals surface area contributed by atoms with E-state index in [1.54, 1.807) is 4.90 Å². The molecule has 1 fully saturated rings. The molecule has 0 N–H and O–H groups in total. The third-order valence-corrected chi connectivity index (χ3v) is 4.21. The Kier molecular flexibility index (Phi) is 5.22. The van der Waals surface area contributed by atoms with Crippen LogP contribution in [0, 0.1) is 5.82 Å². The average molecular weight is 366 g/mol. The van der Waals surface area contributed by atoms with Crippen molar-refractivity contribution in [2.45, 2.75) is 18.8 Å². The van der Waals surface area contributed by atoms with E-state index >= 15 is 0 Å². The molecule has 0 aromatic heterocycles. The van der Waals surface area contributed by atoms with Gasteiger partial charge in [0, 0.05) is 25.6 Å². The highest BCUT2D eigenvalue weighted by atomic mass is 19.3. The number of Topliss-reactive ketones (excluding diaryl/α,β-unsaturated/α-hetero) is 1. The summed E-state index contributed by atoms with van der Waals surface area (Å²) in [6, 6.07) is 4.75. The maximum absolute atomic E-state index is 14.6. The molecule has 1 aromatic carbocycles. The van der Waals surface area contributed by atoms with Gasteiger partial charge in [0.1, 0.15) is 17.3 Å². The molecule has 1 saturated heterocycles. The predicted molar refractivity (Wildman–Crippen MR) is 87.6 cm³/mol. The van der Waals surface area contributed by atoms with Crippen LogP contribution in [-0.2, 0) is 20.7 Å². The number of morpholine rings is 1. The van der Waals surface area contributed by atoms with E-state index in [2.05, 4.69) is 4.99 Å². The Bertz CT molecular complexity index is 766. The number of halogens is 3. The Balaban J connectivity index is 1.79. The summed E-state index contributed by atoms with van der Waals surface area (Å²) in [5.41, 5.74) is -0.485. The number of aliphatic imine (C=N–C) groups is 1. The third kappa shape index (κ3) is 4.01. The zero-order chi connectivity index (χ0) is 18.7. The largest absolute Gasteiger partial charge is 0.378 e. The number of carbonyl (C=O) groups is 2. The van der Waals surface area contributed by atoms with Crippen LogP contribution in [0.15, 0.2) is 41.2 Å². The number of ketones is 2. The number of carbonyl (C=O) groups excluding carboxylic acids is 2. The van der Waals surface area contributed by atoms with E-state index in [0.29, 0.717) is 26.3 Å². The SMILES string of the molecule is O=C1C=C(N2CCOCC2)N=C(C(F)(F)C(=O)Cc2ccc(F)cc2)C1. The van der Waals surface area contributed by atoms with Crippen molar-refractivity contribution in [3.63, 3.8) is 0 Å². The standard InChI is InChI=1S/C18H17F3N2O3/c19-13-3-1-12(2-4-13)9-16(25)18(20,21)15-10-14(24)11-17(22-15)23-5-7-26-8-6-23/h1-4,11H,5-10H2.